The molecule has 0 aliphatic carbocycles. The summed E-state index contributed by atoms with van der Waals surface area (Å²) in [6.45, 7) is 0.844. The van der Waals surface area contributed by atoms with Gasteiger partial charge in [0.25, 0.3) is 5.91 Å². The summed E-state index contributed by atoms with van der Waals surface area (Å²) in [5, 5.41) is 20.3. The van der Waals surface area contributed by atoms with Gasteiger partial charge in [0, 0.05) is 36.1 Å². The molecule has 2 heterocycles. The number of ketones is 1. The third kappa shape index (κ3) is 7.17. The number of Topliss-reactive ketones (excluding diaryl/α,β-unsaturated/α-hetero) is 1. The van der Waals surface area contributed by atoms with Crippen LogP contribution >= 0.6 is 11.6 Å². The Morgan fingerprint density at radius 1 is 1.05 bits per heavy atom. The summed E-state index contributed by atoms with van der Waals surface area (Å²) in [6.07, 6.45) is 4.31. The van der Waals surface area contributed by atoms with Gasteiger partial charge in [0.1, 0.15) is 17.4 Å². The fourth-order valence-electron chi connectivity index (χ4n) is 4.20. The zero-order valence-corrected chi connectivity index (χ0v) is 21.6. The number of ether oxygens (including phenoxy) is 1. The van der Waals surface area contributed by atoms with Crippen molar-refractivity contribution in [3.05, 3.63) is 88.0 Å². The number of carbonyl (C=O) groups excluding carboxylic acids is 2. The summed E-state index contributed by atoms with van der Waals surface area (Å²) in [4.78, 5) is 43.1. The van der Waals surface area contributed by atoms with Crippen molar-refractivity contribution in [1.82, 2.24) is 9.88 Å². The largest absolute Gasteiger partial charge is 0.482 e. The predicted molar refractivity (Wildman–Crippen MR) is 143 cm³/mol. The van der Waals surface area contributed by atoms with Crippen molar-refractivity contribution in [2.24, 2.45) is 0 Å². The Hall–Kier alpha value is -4.31. The molecule has 1 aliphatic rings. The van der Waals surface area contributed by atoms with Crippen LogP contribution in [0, 0.1) is 11.2 Å². The summed E-state index contributed by atoms with van der Waals surface area (Å²) in [7, 11) is 0. The van der Waals surface area contributed by atoms with Crippen LogP contribution < -0.4 is 10.1 Å². The number of carboxylic acid groups (broad SMARTS) is 1. The van der Waals surface area contributed by atoms with Crippen molar-refractivity contribution in [2.75, 3.05) is 25.0 Å². The van der Waals surface area contributed by atoms with E-state index in [9.17, 15) is 14.4 Å². The second-order valence-corrected chi connectivity index (χ2v) is 9.44. The number of hydrogen-bond donors (Lipinski definition) is 3. The van der Waals surface area contributed by atoms with Crippen molar-refractivity contribution in [1.29, 1.82) is 5.41 Å². The number of pyridine rings is 1. The van der Waals surface area contributed by atoms with E-state index in [1.807, 2.05) is 4.90 Å². The van der Waals surface area contributed by atoms with E-state index in [1.54, 1.807) is 12.1 Å². The second-order valence-electron chi connectivity index (χ2n) is 9.00. The number of carboxylic acids is 1. The maximum absolute atomic E-state index is 15.0. The van der Waals surface area contributed by atoms with Crippen LogP contribution in [0.3, 0.4) is 0 Å². The topological polar surface area (TPSA) is 133 Å². The molecule has 0 unspecified atom stereocenters. The van der Waals surface area contributed by atoms with Crippen LogP contribution in [0.5, 0.6) is 5.75 Å². The molecule has 1 saturated heterocycles. The van der Waals surface area contributed by atoms with Gasteiger partial charge in [-0.15, -0.1) is 0 Å². The molecule has 0 spiro atoms. The van der Waals surface area contributed by atoms with Crippen LogP contribution in [-0.4, -0.2) is 58.2 Å². The minimum atomic E-state index is -1.20. The van der Waals surface area contributed by atoms with E-state index < -0.39 is 30.1 Å². The number of nitrogens with one attached hydrogen (secondary N) is 2. The molecule has 4 rings (SSSR count). The molecule has 0 atom stereocenters. The zero-order valence-electron chi connectivity index (χ0n) is 20.9. The van der Waals surface area contributed by atoms with E-state index >= 15 is 4.39 Å². The number of amides is 1. The van der Waals surface area contributed by atoms with Gasteiger partial charge in [-0.1, -0.05) is 17.7 Å². The third-order valence-corrected chi connectivity index (χ3v) is 6.42. The fraction of sp³-hybridized carbons (Fsp3) is 0.250. The van der Waals surface area contributed by atoms with Gasteiger partial charge in [0.15, 0.2) is 12.4 Å². The smallest absolute Gasteiger partial charge is 0.341 e. The summed E-state index contributed by atoms with van der Waals surface area (Å²) in [5.74, 6) is -2.91. The minimum absolute atomic E-state index is 0.0342. The highest BCUT2D eigenvalue weighted by molar-refractivity contribution is 6.30. The second kappa shape index (κ2) is 12.5. The van der Waals surface area contributed by atoms with E-state index in [0.717, 1.165) is 38.4 Å². The minimum Gasteiger partial charge on any atom is -0.482 e. The van der Waals surface area contributed by atoms with Crippen LogP contribution in [0.4, 0.5) is 10.1 Å². The lowest BCUT2D eigenvalue weighted by atomic mass is 10.0. The number of anilines is 1. The molecule has 202 valence electrons. The highest BCUT2D eigenvalue weighted by Crippen LogP contribution is 2.26. The van der Waals surface area contributed by atoms with Crippen molar-refractivity contribution < 1.29 is 28.6 Å². The van der Waals surface area contributed by atoms with Gasteiger partial charge in [0.2, 0.25) is 0 Å². The molecule has 9 nitrogen and oxygen atoms in total. The molecule has 11 heteroatoms. The number of hydrogen-bond acceptors (Lipinski definition) is 6. The number of benzene rings is 2. The van der Waals surface area contributed by atoms with Crippen molar-refractivity contribution >= 4 is 40.8 Å². The Balaban J connectivity index is 1.56. The Bertz CT molecular complexity index is 1410. The lowest BCUT2D eigenvalue weighted by Crippen LogP contribution is -2.35. The molecule has 0 radical (unpaired) electrons. The molecule has 2 aromatic carbocycles. The van der Waals surface area contributed by atoms with Crippen molar-refractivity contribution in [3.63, 3.8) is 0 Å². The van der Waals surface area contributed by atoms with Crippen molar-refractivity contribution in [3.8, 4) is 5.75 Å². The summed E-state index contributed by atoms with van der Waals surface area (Å²) < 4.78 is 20.2. The maximum Gasteiger partial charge on any atom is 0.341 e. The number of amidine groups is 1. The van der Waals surface area contributed by atoms with Gasteiger partial charge in [-0.25, -0.2) is 9.18 Å². The number of aromatic nitrogens is 1. The Morgan fingerprint density at radius 3 is 2.49 bits per heavy atom. The Kier molecular flexibility index (Phi) is 8.88. The Labute approximate surface area is 229 Å². The van der Waals surface area contributed by atoms with Crippen LogP contribution in [0.1, 0.15) is 51.2 Å². The molecule has 0 saturated carbocycles. The van der Waals surface area contributed by atoms with Gasteiger partial charge < -0.3 is 20.1 Å². The van der Waals surface area contributed by atoms with Crippen LogP contribution in [-0.2, 0) is 11.2 Å². The number of aliphatic carboxylic acids is 1. The first-order valence-electron chi connectivity index (χ1n) is 12.3. The summed E-state index contributed by atoms with van der Waals surface area (Å²) >= 11 is 5.86. The molecule has 1 fully saturated rings. The van der Waals surface area contributed by atoms with Gasteiger partial charge >= 0.3 is 5.97 Å². The lowest BCUT2D eigenvalue weighted by molar-refractivity contribution is -0.139. The van der Waals surface area contributed by atoms with Crippen molar-refractivity contribution in [2.45, 2.75) is 25.7 Å². The van der Waals surface area contributed by atoms with E-state index in [4.69, 9.17) is 26.9 Å². The summed E-state index contributed by atoms with van der Waals surface area (Å²) in [5.41, 5.74) is 0.667. The standard InChI is InChI=1S/C28H26ClFN4O5/c29-18-5-6-19(32-15-18)13-25(35)22-14-20(39-16-26(36)37)7-9-24(22)33-28(38)21-8-4-17(12-23(21)30)27(31)34-10-2-1-3-11-34/h4-9,12,14-15,31H,1-3,10-11,13,16H2,(H,33,38)(H,36,37). The van der Waals surface area contributed by atoms with E-state index in [1.165, 1.54) is 36.5 Å². The van der Waals surface area contributed by atoms with Gasteiger partial charge in [-0.05, 0) is 61.7 Å². The van der Waals surface area contributed by atoms with Crippen LogP contribution in [0.15, 0.2) is 54.7 Å². The number of likely N-dealkylation sites (tertiary alicyclic amines) is 1. The Morgan fingerprint density at radius 2 is 1.82 bits per heavy atom. The lowest BCUT2D eigenvalue weighted by Gasteiger charge is -2.29. The molecule has 1 aromatic heterocycles. The highest BCUT2D eigenvalue weighted by atomic mass is 35.5. The number of halogens is 2. The molecule has 3 aromatic rings. The molecular weight excluding hydrogens is 527 g/mol. The average Bonchev–Trinajstić information content (AvgIpc) is 2.93. The molecule has 3 N–H and O–H groups in total. The van der Waals surface area contributed by atoms with Crippen LogP contribution in [0.25, 0.3) is 0 Å². The number of nitrogens with zero attached hydrogens (tertiary/aromatic N) is 2. The van der Waals surface area contributed by atoms with E-state index in [2.05, 4.69) is 10.3 Å². The number of rotatable bonds is 9. The maximum atomic E-state index is 15.0. The van der Waals surface area contributed by atoms with Gasteiger partial charge in [0.05, 0.1) is 22.7 Å². The number of piperidine rings is 1. The highest BCUT2D eigenvalue weighted by Gasteiger charge is 2.21. The van der Waals surface area contributed by atoms with Gasteiger partial charge in [-0.2, -0.15) is 0 Å². The normalized spacial score (nSPS) is 13.0. The molecule has 39 heavy (non-hydrogen) atoms. The predicted octanol–water partition coefficient (Wildman–Crippen LogP) is 4.83. The van der Waals surface area contributed by atoms with E-state index in [-0.39, 0.29) is 34.8 Å². The fourth-order valence-corrected chi connectivity index (χ4v) is 4.32. The monoisotopic (exact) mass is 552 g/mol. The van der Waals surface area contributed by atoms with E-state index in [0.29, 0.717) is 16.3 Å². The number of carbonyl (C=O) groups is 3. The molecule has 0 bridgehead atoms. The first kappa shape index (κ1) is 27.7. The zero-order chi connectivity index (χ0) is 27.9. The van der Waals surface area contributed by atoms with Gasteiger partial charge in [-0.3, -0.25) is 20.0 Å². The molecular formula is C28H26ClFN4O5. The summed E-state index contributed by atoms with van der Waals surface area (Å²) in [6, 6.07) is 11.3. The molecule has 1 aliphatic heterocycles. The van der Waals surface area contributed by atoms with Crippen LogP contribution in [0.2, 0.25) is 5.02 Å². The first-order valence-corrected chi connectivity index (χ1v) is 12.7. The molecule has 1 amide bonds. The average molecular weight is 553 g/mol. The quantitative estimate of drug-likeness (QED) is 0.197. The third-order valence-electron chi connectivity index (χ3n) is 6.19. The SMILES string of the molecule is N=C(c1ccc(C(=O)Nc2ccc(OCC(=O)O)cc2C(=O)Cc2ccc(Cl)cn2)c(F)c1)N1CCCCC1. The first-order chi connectivity index (χ1) is 18.7.